The topological polar surface area (TPSA) is 72.3 Å². The van der Waals surface area contributed by atoms with Crippen molar-refractivity contribution in [1.29, 1.82) is 0 Å². The zero-order chi connectivity index (χ0) is 78.3. The van der Waals surface area contributed by atoms with Crippen molar-refractivity contribution in [1.82, 2.24) is 29.5 Å². The summed E-state index contributed by atoms with van der Waals surface area (Å²) in [5.74, 6) is 0.654. The summed E-state index contributed by atoms with van der Waals surface area (Å²) in [6.45, 7) is 0. The van der Waals surface area contributed by atoms with Gasteiger partial charge in [0.15, 0.2) is 0 Å². The van der Waals surface area contributed by atoms with Gasteiger partial charge in [0.1, 0.15) is 0 Å². The number of halogens is 1. The number of hydrogen-bond donors (Lipinski definition) is 1. The monoisotopic (exact) mass is 1530 g/mol. The smallest absolute Gasteiger partial charge is 0.235 e. The van der Waals surface area contributed by atoms with E-state index in [9.17, 15) is 0 Å². The Morgan fingerprint density at radius 1 is 0.202 bits per heavy atom. The molecule has 0 amide bonds. The maximum absolute atomic E-state index is 6.34. The number of fused-ring (bicyclic) bond motifs is 30. The highest BCUT2D eigenvalue weighted by Crippen LogP contribution is 2.48. The molecule has 0 fully saturated rings. The van der Waals surface area contributed by atoms with Crippen LogP contribution < -0.4 is 0 Å². The van der Waals surface area contributed by atoms with E-state index in [-0.39, 0.29) is 5.28 Å². The molecule has 0 radical (unpaired) electrons. The van der Waals surface area contributed by atoms with Crippen LogP contribution >= 0.6 is 11.6 Å². The lowest BCUT2D eigenvalue weighted by molar-refractivity contribution is 1.02. The summed E-state index contributed by atoms with van der Waals surface area (Å²) >= 11 is 6.34. The van der Waals surface area contributed by atoms with Crippen molar-refractivity contribution in [2.45, 2.75) is 0 Å². The third-order valence-electron chi connectivity index (χ3n) is 24.7. The third kappa shape index (κ3) is 11.0. The molecule has 22 aromatic carbocycles. The maximum Gasteiger partial charge on any atom is 0.235 e. The van der Waals surface area contributed by atoms with E-state index in [0.717, 1.165) is 76.9 Å². The second-order valence-electron chi connectivity index (χ2n) is 31.2. The van der Waals surface area contributed by atoms with Crippen LogP contribution in [0, 0.1) is 0 Å². The highest BCUT2D eigenvalue weighted by molar-refractivity contribution is 6.38. The Balaban J connectivity index is 0.000000113. The highest BCUT2D eigenvalue weighted by Gasteiger charge is 2.24. The van der Waals surface area contributed by atoms with Gasteiger partial charge in [-0.15, -0.1) is 0 Å². The van der Waals surface area contributed by atoms with E-state index in [2.05, 4.69) is 408 Å². The van der Waals surface area contributed by atoms with Crippen LogP contribution in [0.2, 0.25) is 5.28 Å². The first-order chi connectivity index (χ1) is 58.9. The largest absolute Gasteiger partial charge is 0.354 e. The lowest BCUT2D eigenvalue weighted by Gasteiger charge is -2.14. The van der Waals surface area contributed by atoms with Gasteiger partial charge < -0.3 is 4.98 Å². The normalized spacial score (nSPS) is 11.9. The van der Waals surface area contributed by atoms with E-state index in [4.69, 9.17) is 21.6 Å². The molecule has 26 rings (SSSR count). The molecule has 4 heterocycles. The van der Waals surface area contributed by atoms with Gasteiger partial charge in [-0.2, -0.15) is 0 Å². The molecule has 0 aliphatic heterocycles. The zero-order valence-corrected chi connectivity index (χ0v) is 65.0. The fourth-order valence-electron chi connectivity index (χ4n) is 19.3. The SMILES string of the molecule is Clc1nc(-c2ccc(-c3cccc4ccccc34)cc2)c2ccc3ccccc3c2n1.c1ccc2cc3c(cc2c1)[nH]c1ccc2c4ccccc4c4ccccc4c2c13.c1ccc2cc3c(cc2c1)c1c2c4ccccc4c4ccccc4c2ccc1n3-c1nc(-c2ccc(-c3cccc4ccccc34)cc2)c2ccc3ccccc3c2n1. The molecule has 0 spiro atoms. The number of aromatic amines is 1. The van der Waals surface area contributed by atoms with Crippen LogP contribution in [0.15, 0.2) is 400 Å². The van der Waals surface area contributed by atoms with Crippen LogP contribution in [0.4, 0.5) is 0 Å². The minimum absolute atomic E-state index is 0.261. The van der Waals surface area contributed by atoms with Crippen LogP contribution in [0.3, 0.4) is 0 Å². The first-order valence-corrected chi connectivity index (χ1v) is 40.9. The standard InChI is InChI=1S/C56H33N3.C28H17ClN2.C28H17N/c1-2-15-39-33-51-49(32-38(39)14-1)53-50(31-30-47-45-21-8-7-19-43(45)44-20-9-10-22-46(44)52(47)53)59(51)56-57-54(48-29-28-35-13-4-6-18-42(35)55(48)58-56)37-26-24-36(25-27-37)41-23-11-16-34-12-3-5-17-40(34)41;29-28-30-26(25-17-16-19-7-2-4-10-24(19)27(25)31-28)21-14-12-20(13-15-21)23-11-5-8-18-6-1-3-9-22(18)23;1-2-8-18-16-26-24(15-17(18)7-1)28-25(29-26)14-13-23-21-11-4-3-9-19(21)20-10-5-6-12-22(20)27(23)28/h1-33H;1-17H;1-16,29H. The molecule has 0 saturated heterocycles. The van der Waals surface area contributed by atoms with Crippen LogP contribution in [-0.4, -0.2) is 29.5 Å². The molecular weight excluding hydrogens is 1460 g/mol. The highest BCUT2D eigenvalue weighted by atomic mass is 35.5. The number of nitrogens with zero attached hydrogens (tertiary/aromatic N) is 5. The molecule has 0 saturated carbocycles. The van der Waals surface area contributed by atoms with Crippen LogP contribution in [-0.2, 0) is 0 Å². The molecule has 4 aromatic heterocycles. The van der Waals surface area contributed by atoms with Gasteiger partial charge in [-0.05, 0) is 190 Å². The Morgan fingerprint density at radius 2 is 0.555 bits per heavy atom. The number of H-pyrrole nitrogens is 1. The molecule has 1 N–H and O–H groups in total. The van der Waals surface area contributed by atoms with Crippen molar-refractivity contribution in [3.8, 4) is 50.7 Å². The van der Waals surface area contributed by atoms with Crippen molar-refractivity contribution in [3.05, 3.63) is 406 Å². The maximum atomic E-state index is 6.34. The van der Waals surface area contributed by atoms with Gasteiger partial charge in [-0.3, -0.25) is 4.57 Å². The molecule has 6 nitrogen and oxygen atoms in total. The van der Waals surface area contributed by atoms with Crippen molar-refractivity contribution in [3.63, 3.8) is 0 Å². The molecule has 26 aromatic rings. The summed E-state index contributed by atoms with van der Waals surface area (Å²) in [7, 11) is 0. The molecule has 119 heavy (non-hydrogen) atoms. The predicted octanol–water partition coefficient (Wildman–Crippen LogP) is 30.8. The van der Waals surface area contributed by atoms with Crippen molar-refractivity contribution < 1.29 is 0 Å². The zero-order valence-electron chi connectivity index (χ0n) is 64.2. The van der Waals surface area contributed by atoms with Gasteiger partial charge in [-0.1, -0.05) is 352 Å². The Morgan fingerprint density at radius 3 is 1.06 bits per heavy atom. The van der Waals surface area contributed by atoms with E-state index < -0.39 is 0 Å². The fourth-order valence-corrected chi connectivity index (χ4v) is 19.4. The summed E-state index contributed by atoms with van der Waals surface area (Å²) in [5, 5.41) is 37.2. The van der Waals surface area contributed by atoms with Gasteiger partial charge in [0, 0.05) is 76.0 Å². The summed E-state index contributed by atoms with van der Waals surface area (Å²) in [5.41, 5.74) is 15.0. The lowest BCUT2D eigenvalue weighted by Crippen LogP contribution is -2.04. The molecule has 0 unspecified atom stereocenters. The molecule has 7 heteroatoms. The fraction of sp³-hybridized carbons (Fsp3) is 0. The third-order valence-corrected chi connectivity index (χ3v) is 24.9. The van der Waals surface area contributed by atoms with E-state index in [1.54, 1.807) is 0 Å². The van der Waals surface area contributed by atoms with E-state index >= 15 is 0 Å². The molecule has 0 bridgehead atoms. The molecular formula is C112H67ClN6. The minimum Gasteiger partial charge on any atom is -0.354 e. The summed E-state index contributed by atoms with van der Waals surface area (Å²) < 4.78 is 2.32. The van der Waals surface area contributed by atoms with Gasteiger partial charge in [0.05, 0.1) is 33.5 Å². The number of hydrogen-bond acceptors (Lipinski definition) is 4. The summed E-state index contributed by atoms with van der Waals surface area (Å²) in [4.78, 5) is 24.0. The van der Waals surface area contributed by atoms with E-state index in [0.29, 0.717) is 5.95 Å². The first kappa shape index (κ1) is 68.0. The van der Waals surface area contributed by atoms with Gasteiger partial charge in [0.25, 0.3) is 0 Å². The van der Waals surface area contributed by atoms with E-state index in [1.807, 2.05) is 12.1 Å². The molecule has 0 aliphatic carbocycles. The summed E-state index contributed by atoms with van der Waals surface area (Å²) in [6, 6.07) is 144. The van der Waals surface area contributed by atoms with Crippen molar-refractivity contribution >= 4 is 206 Å². The number of aromatic nitrogens is 6. The van der Waals surface area contributed by atoms with Gasteiger partial charge in [0.2, 0.25) is 11.2 Å². The molecule has 0 aliphatic rings. The second kappa shape index (κ2) is 27.4. The predicted molar refractivity (Wildman–Crippen MR) is 506 cm³/mol. The average molecular weight is 1530 g/mol. The summed E-state index contributed by atoms with van der Waals surface area (Å²) in [6.07, 6.45) is 0. The lowest BCUT2D eigenvalue weighted by atomic mass is 9.91. The number of rotatable bonds is 5. The number of benzene rings is 22. The van der Waals surface area contributed by atoms with Crippen molar-refractivity contribution in [2.75, 3.05) is 0 Å². The van der Waals surface area contributed by atoms with E-state index in [1.165, 1.54) is 163 Å². The minimum atomic E-state index is 0.261. The molecule has 0 atom stereocenters. The molecule has 552 valence electrons. The Labute approximate surface area is 687 Å². The quantitative estimate of drug-likeness (QED) is 0.138. The van der Waals surface area contributed by atoms with Crippen LogP contribution in [0.1, 0.15) is 0 Å². The van der Waals surface area contributed by atoms with Crippen LogP contribution in [0.25, 0.3) is 245 Å². The van der Waals surface area contributed by atoms with Gasteiger partial charge >= 0.3 is 0 Å². The average Bonchev–Trinajstić information content (AvgIpc) is 1.60. The second-order valence-corrected chi connectivity index (χ2v) is 31.5. The Bertz CT molecular complexity index is 8690. The van der Waals surface area contributed by atoms with Gasteiger partial charge in [-0.25, -0.2) is 19.9 Å². The van der Waals surface area contributed by atoms with Crippen LogP contribution in [0.5, 0.6) is 0 Å². The first-order valence-electron chi connectivity index (χ1n) is 40.5. The Hall–Kier alpha value is -15.5. The van der Waals surface area contributed by atoms with Crippen molar-refractivity contribution in [2.24, 2.45) is 0 Å². The Kier molecular flexibility index (Phi) is 15.6. The number of nitrogens with one attached hydrogen (secondary N) is 1.